The molecule has 3 N–H and O–H groups in total. The third kappa shape index (κ3) is 8.01. The van der Waals surface area contributed by atoms with Crippen molar-refractivity contribution in [3.63, 3.8) is 0 Å². The first-order chi connectivity index (χ1) is 13.0. The molecule has 7 nitrogen and oxygen atoms in total. The molecule has 0 heterocycles. The van der Waals surface area contributed by atoms with Crippen LogP contribution in [-0.2, 0) is 14.3 Å². The van der Waals surface area contributed by atoms with Crippen molar-refractivity contribution in [1.82, 2.24) is 5.32 Å². The summed E-state index contributed by atoms with van der Waals surface area (Å²) in [5.41, 5.74) is 0.819. The Morgan fingerprint density at radius 1 is 1.15 bits per heavy atom. The number of benzene rings is 1. The first-order valence-electron chi connectivity index (χ1n) is 8.93. The molecule has 1 atom stereocenters. The Balaban J connectivity index is 1.74. The first-order valence-corrected chi connectivity index (χ1v) is 10.7. The van der Waals surface area contributed by atoms with Crippen molar-refractivity contribution < 1.29 is 28.8 Å². The maximum absolute atomic E-state index is 11.9. The molecule has 9 heteroatoms. The number of rotatable bonds is 8. The van der Waals surface area contributed by atoms with Crippen LogP contribution in [0.4, 0.5) is 4.79 Å². The number of nitrogens with one attached hydrogen (secondary N) is 1. The minimum atomic E-state index is -2.12. The monoisotopic (exact) mass is 417 g/mol. The van der Waals surface area contributed by atoms with Crippen LogP contribution in [0.1, 0.15) is 43.6 Å². The van der Waals surface area contributed by atoms with Crippen molar-refractivity contribution in [2.24, 2.45) is 5.92 Å². The fourth-order valence-electron chi connectivity index (χ4n) is 3.07. The third-order valence-electron chi connectivity index (χ3n) is 4.55. The molecule has 1 amide bonds. The van der Waals surface area contributed by atoms with Gasteiger partial charge in [-0.1, -0.05) is 43.0 Å². The summed E-state index contributed by atoms with van der Waals surface area (Å²) in [6.45, 7) is -0.281. The molecule has 150 valence electrons. The lowest BCUT2D eigenvalue weighted by atomic mass is 9.89. The van der Waals surface area contributed by atoms with E-state index in [1.54, 1.807) is 24.3 Å². The Bertz CT molecular complexity index is 606. The van der Waals surface area contributed by atoms with Crippen molar-refractivity contribution in [1.29, 1.82) is 0 Å². The Labute approximate surface area is 164 Å². The van der Waals surface area contributed by atoms with Crippen LogP contribution in [0.2, 0.25) is 5.02 Å². The summed E-state index contributed by atoms with van der Waals surface area (Å²) in [4.78, 5) is 42.3. The van der Waals surface area contributed by atoms with E-state index in [2.05, 4.69) is 5.32 Å². The van der Waals surface area contributed by atoms with Crippen LogP contribution in [0.25, 0.3) is 0 Å². The average Bonchev–Trinajstić information content (AvgIpc) is 2.66. The summed E-state index contributed by atoms with van der Waals surface area (Å²) < 4.78 is 9.89. The van der Waals surface area contributed by atoms with E-state index in [-0.39, 0.29) is 30.5 Å². The molecule has 2 rings (SSSR count). The van der Waals surface area contributed by atoms with Crippen molar-refractivity contribution in [2.75, 3.05) is 19.5 Å². The maximum atomic E-state index is 11.9. The van der Waals surface area contributed by atoms with E-state index in [0.717, 1.165) is 37.7 Å². The smallest absolute Gasteiger partial charge is 0.410 e. The highest BCUT2D eigenvalue weighted by Crippen LogP contribution is 2.32. The standard InChI is InChI=1S/C18H25ClNO6P/c19-16-8-6-13(7-9-16)15(11-27(23)24)10-20-18(22)26-12-25-17(21)14-4-2-1-3-5-14/h6-9,14-15,23-24H,1-5,10-12H2,(H,20,22)/t15-/m0/s1. The van der Waals surface area contributed by atoms with Crippen LogP contribution in [-0.4, -0.2) is 41.3 Å². The van der Waals surface area contributed by atoms with E-state index in [0.29, 0.717) is 5.02 Å². The number of esters is 1. The largest absolute Gasteiger partial charge is 0.428 e. The highest BCUT2D eigenvalue weighted by Gasteiger charge is 2.23. The second kappa shape index (κ2) is 11.4. The van der Waals surface area contributed by atoms with Gasteiger partial charge in [-0.25, -0.2) is 4.79 Å². The van der Waals surface area contributed by atoms with Gasteiger partial charge in [-0.15, -0.1) is 0 Å². The van der Waals surface area contributed by atoms with E-state index in [9.17, 15) is 19.4 Å². The van der Waals surface area contributed by atoms with Gasteiger partial charge in [0.25, 0.3) is 0 Å². The Hall–Kier alpha value is -1.40. The molecular formula is C18H25ClNO6P. The van der Waals surface area contributed by atoms with Gasteiger partial charge in [0.15, 0.2) is 8.38 Å². The van der Waals surface area contributed by atoms with Gasteiger partial charge in [0, 0.05) is 23.6 Å². The van der Waals surface area contributed by atoms with Crippen LogP contribution < -0.4 is 5.32 Å². The molecule has 27 heavy (non-hydrogen) atoms. The van der Waals surface area contributed by atoms with Crippen LogP contribution >= 0.6 is 20.0 Å². The molecule has 0 aromatic heterocycles. The van der Waals surface area contributed by atoms with E-state index in [4.69, 9.17) is 21.1 Å². The summed E-state index contributed by atoms with van der Waals surface area (Å²) in [5.74, 6) is -0.735. The van der Waals surface area contributed by atoms with E-state index < -0.39 is 21.3 Å². The summed E-state index contributed by atoms with van der Waals surface area (Å²) in [6, 6.07) is 6.93. The van der Waals surface area contributed by atoms with Crippen LogP contribution in [0.5, 0.6) is 0 Å². The van der Waals surface area contributed by atoms with E-state index in [1.165, 1.54) is 0 Å². The zero-order valence-corrected chi connectivity index (χ0v) is 16.6. The van der Waals surface area contributed by atoms with Crippen molar-refractivity contribution in [3.8, 4) is 0 Å². The van der Waals surface area contributed by atoms with E-state index in [1.807, 2.05) is 0 Å². The molecule has 1 saturated carbocycles. The molecule has 0 saturated heterocycles. The van der Waals surface area contributed by atoms with Gasteiger partial charge in [0.05, 0.1) is 5.92 Å². The molecule has 1 aliphatic carbocycles. The number of amides is 1. The number of ether oxygens (including phenoxy) is 2. The van der Waals surface area contributed by atoms with Crippen molar-refractivity contribution in [3.05, 3.63) is 34.9 Å². The van der Waals surface area contributed by atoms with E-state index >= 15 is 0 Å². The zero-order chi connectivity index (χ0) is 19.6. The zero-order valence-electron chi connectivity index (χ0n) is 15.0. The van der Waals surface area contributed by atoms with Crippen LogP contribution in [0.3, 0.4) is 0 Å². The number of carbonyl (C=O) groups is 2. The predicted molar refractivity (Wildman–Crippen MR) is 102 cm³/mol. The second-order valence-electron chi connectivity index (χ2n) is 6.53. The highest BCUT2D eigenvalue weighted by molar-refractivity contribution is 7.45. The summed E-state index contributed by atoms with van der Waals surface area (Å²) in [5, 5.41) is 3.13. The van der Waals surface area contributed by atoms with Gasteiger partial charge in [-0.3, -0.25) is 4.79 Å². The lowest BCUT2D eigenvalue weighted by Gasteiger charge is -2.20. The lowest BCUT2D eigenvalue weighted by molar-refractivity contribution is -0.157. The minimum Gasteiger partial charge on any atom is -0.428 e. The number of hydrogen-bond acceptors (Lipinski definition) is 6. The van der Waals surface area contributed by atoms with Crippen molar-refractivity contribution in [2.45, 2.75) is 38.0 Å². The molecule has 0 spiro atoms. The Kier molecular flexibility index (Phi) is 9.28. The molecule has 0 aliphatic heterocycles. The van der Waals surface area contributed by atoms with Gasteiger partial charge in [-0.2, -0.15) is 0 Å². The normalized spacial score (nSPS) is 16.0. The number of alkyl carbamates (subject to hydrolysis) is 1. The summed E-state index contributed by atoms with van der Waals surface area (Å²) >= 11 is 5.86. The molecule has 1 aliphatic rings. The first kappa shape index (κ1) is 21.9. The fraction of sp³-hybridized carbons (Fsp3) is 0.556. The number of hydrogen-bond donors (Lipinski definition) is 3. The summed E-state index contributed by atoms with van der Waals surface area (Å²) in [6.07, 6.45) is 4.19. The quantitative estimate of drug-likeness (QED) is 0.339. The number of halogens is 1. The molecule has 0 bridgehead atoms. The highest BCUT2D eigenvalue weighted by atomic mass is 35.5. The van der Waals surface area contributed by atoms with Gasteiger partial charge < -0.3 is 24.6 Å². The summed E-state index contributed by atoms with van der Waals surface area (Å²) in [7, 11) is -2.12. The van der Waals surface area contributed by atoms with Gasteiger partial charge in [0.2, 0.25) is 6.79 Å². The van der Waals surface area contributed by atoms with Gasteiger partial charge >= 0.3 is 12.1 Å². The van der Waals surface area contributed by atoms with Gasteiger partial charge in [0.1, 0.15) is 0 Å². The fourth-order valence-corrected chi connectivity index (χ4v) is 3.93. The SMILES string of the molecule is O=C(NC[C@@H](CP(O)O)c1ccc(Cl)cc1)OCOC(=O)C1CCCCC1. The molecular weight excluding hydrogens is 393 g/mol. The second-order valence-corrected chi connectivity index (χ2v) is 8.08. The Morgan fingerprint density at radius 2 is 1.81 bits per heavy atom. The molecule has 0 radical (unpaired) electrons. The van der Waals surface area contributed by atoms with Crippen LogP contribution in [0, 0.1) is 5.92 Å². The number of carbonyl (C=O) groups excluding carboxylic acids is 2. The molecule has 1 aromatic carbocycles. The average molecular weight is 418 g/mol. The Morgan fingerprint density at radius 3 is 2.44 bits per heavy atom. The van der Waals surface area contributed by atoms with Crippen LogP contribution in [0.15, 0.2) is 24.3 Å². The maximum Gasteiger partial charge on any atom is 0.410 e. The predicted octanol–water partition coefficient (Wildman–Crippen LogP) is 3.53. The van der Waals surface area contributed by atoms with Crippen molar-refractivity contribution >= 4 is 32.0 Å². The minimum absolute atomic E-state index is 0.104. The van der Waals surface area contributed by atoms with Gasteiger partial charge in [-0.05, 0) is 30.5 Å². The third-order valence-corrected chi connectivity index (χ3v) is 5.57. The molecule has 1 fully saturated rings. The molecule has 1 aromatic rings. The topological polar surface area (TPSA) is 105 Å². The molecule has 0 unspecified atom stereocenters. The lowest BCUT2D eigenvalue weighted by Crippen LogP contribution is -2.31.